The summed E-state index contributed by atoms with van der Waals surface area (Å²) in [4.78, 5) is 12.6. The Morgan fingerprint density at radius 2 is 1.67 bits per heavy atom. The van der Waals surface area contributed by atoms with Crippen LogP contribution in [-0.2, 0) is 10.0 Å². The first-order valence-corrected chi connectivity index (χ1v) is 11.5. The number of aromatic nitrogens is 2. The van der Waals surface area contributed by atoms with Crippen molar-refractivity contribution >= 4 is 21.6 Å². The number of sulfonamides is 1. The molecule has 1 amide bonds. The Labute approximate surface area is 189 Å². The number of rotatable bonds is 7. The summed E-state index contributed by atoms with van der Waals surface area (Å²) in [5.41, 5.74) is 3.24. The highest BCUT2D eigenvalue weighted by Crippen LogP contribution is 2.25. The van der Waals surface area contributed by atoms with Crippen LogP contribution in [0.15, 0.2) is 59.6 Å². The third kappa shape index (κ3) is 5.99. The van der Waals surface area contributed by atoms with E-state index < -0.39 is 28.7 Å². The van der Waals surface area contributed by atoms with Crippen LogP contribution in [0.4, 0.5) is 18.9 Å². The molecule has 0 spiro atoms. The smallest absolute Gasteiger partial charge is 0.322 e. The first kappa shape index (κ1) is 24.5. The van der Waals surface area contributed by atoms with E-state index in [2.05, 4.69) is 10.4 Å². The van der Waals surface area contributed by atoms with Gasteiger partial charge in [-0.3, -0.25) is 4.79 Å². The molecule has 0 bridgehead atoms. The molecule has 0 aliphatic carbocycles. The van der Waals surface area contributed by atoms with E-state index in [0.29, 0.717) is 11.3 Å². The number of carbonyl (C=O) groups excluding carboxylic acids is 1. The van der Waals surface area contributed by atoms with Gasteiger partial charge in [-0.25, -0.2) is 17.8 Å². The van der Waals surface area contributed by atoms with Gasteiger partial charge in [0, 0.05) is 5.69 Å². The van der Waals surface area contributed by atoms with E-state index in [0.717, 1.165) is 23.4 Å². The number of nitrogens with one attached hydrogen (secondary N) is 2. The van der Waals surface area contributed by atoms with Gasteiger partial charge in [0.15, 0.2) is 0 Å². The van der Waals surface area contributed by atoms with Crippen LogP contribution in [0.5, 0.6) is 0 Å². The van der Waals surface area contributed by atoms with Crippen LogP contribution < -0.4 is 10.0 Å². The number of carbonyl (C=O) groups is 1. The molecule has 0 atom stereocenters. The van der Waals surface area contributed by atoms with Crippen LogP contribution in [0.1, 0.15) is 41.4 Å². The highest BCUT2D eigenvalue weighted by Gasteiger charge is 2.30. The van der Waals surface area contributed by atoms with Crippen molar-refractivity contribution < 1.29 is 26.4 Å². The molecule has 7 nitrogen and oxygen atoms in total. The van der Waals surface area contributed by atoms with Gasteiger partial charge >= 0.3 is 6.18 Å². The second kappa shape index (κ2) is 9.36. The molecule has 0 radical (unpaired) electrons. The van der Waals surface area contributed by atoms with Crippen molar-refractivity contribution in [3.05, 3.63) is 71.5 Å². The Kier molecular flexibility index (Phi) is 6.94. The van der Waals surface area contributed by atoms with E-state index in [1.54, 1.807) is 4.68 Å². The van der Waals surface area contributed by atoms with Gasteiger partial charge in [-0.2, -0.15) is 18.3 Å². The predicted molar refractivity (Wildman–Crippen MR) is 118 cm³/mol. The number of alkyl halides is 3. The SMILES string of the molecule is Cc1ccc(-n2ncc(C(=O)Nc3ccc(S(=O)(=O)NCC(F)(F)F)cc3)c2C(C)C)cc1. The Hall–Kier alpha value is -3.18. The van der Waals surface area contributed by atoms with Crippen molar-refractivity contribution in [3.8, 4) is 5.69 Å². The molecule has 0 aliphatic heterocycles. The second-order valence-electron chi connectivity index (χ2n) is 7.76. The van der Waals surface area contributed by atoms with Gasteiger partial charge in [0.1, 0.15) is 6.54 Å². The average molecular weight is 481 g/mol. The van der Waals surface area contributed by atoms with Gasteiger partial charge in [-0.1, -0.05) is 31.5 Å². The minimum absolute atomic E-state index is 0.0261. The molecule has 0 aliphatic rings. The molecule has 2 N–H and O–H groups in total. The van der Waals surface area contributed by atoms with Gasteiger partial charge < -0.3 is 5.32 Å². The second-order valence-corrected chi connectivity index (χ2v) is 9.53. The maximum atomic E-state index is 12.9. The lowest BCUT2D eigenvalue weighted by Crippen LogP contribution is -2.33. The number of benzene rings is 2. The molecule has 176 valence electrons. The zero-order chi connectivity index (χ0) is 24.4. The molecule has 2 aromatic carbocycles. The zero-order valence-corrected chi connectivity index (χ0v) is 19.0. The summed E-state index contributed by atoms with van der Waals surface area (Å²) in [6.07, 6.45) is -3.21. The average Bonchev–Trinajstić information content (AvgIpc) is 3.18. The molecule has 0 saturated heterocycles. The number of hydrogen-bond acceptors (Lipinski definition) is 4. The van der Waals surface area contributed by atoms with E-state index in [4.69, 9.17) is 0 Å². The lowest BCUT2D eigenvalue weighted by molar-refractivity contribution is -0.121. The molecule has 3 aromatic rings. The summed E-state index contributed by atoms with van der Waals surface area (Å²) in [6, 6.07) is 12.5. The van der Waals surface area contributed by atoms with Crippen molar-refractivity contribution in [1.82, 2.24) is 14.5 Å². The fourth-order valence-electron chi connectivity index (χ4n) is 3.16. The zero-order valence-electron chi connectivity index (χ0n) is 18.1. The fraction of sp³-hybridized carbons (Fsp3) is 0.273. The van der Waals surface area contributed by atoms with Crippen LogP contribution in [-0.4, -0.2) is 36.8 Å². The third-order valence-corrected chi connectivity index (χ3v) is 6.18. The molecular formula is C22H23F3N4O3S. The summed E-state index contributed by atoms with van der Waals surface area (Å²) in [6.45, 7) is 4.17. The summed E-state index contributed by atoms with van der Waals surface area (Å²) >= 11 is 0. The van der Waals surface area contributed by atoms with Crippen molar-refractivity contribution in [2.24, 2.45) is 0 Å². The monoisotopic (exact) mass is 480 g/mol. The number of hydrogen-bond donors (Lipinski definition) is 2. The molecule has 11 heteroatoms. The molecule has 0 unspecified atom stereocenters. The van der Waals surface area contributed by atoms with Crippen LogP contribution >= 0.6 is 0 Å². The Morgan fingerprint density at radius 3 is 2.21 bits per heavy atom. The van der Waals surface area contributed by atoms with E-state index in [1.165, 1.54) is 23.1 Å². The van der Waals surface area contributed by atoms with E-state index in [1.807, 2.05) is 45.0 Å². The standard InChI is InChI=1S/C22H23F3N4O3S/c1-14(2)20-19(12-26-29(20)17-8-4-15(3)5-9-17)21(30)28-16-6-10-18(11-7-16)33(31,32)27-13-22(23,24)25/h4-12,14,27H,13H2,1-3H3,(H,28,30). The van der Waals surface area contributed by atoms with Gasteiger partial charge in [0.2, 0.25) is 10.0 Å². The largest absolute Gasteiger partial charge is 0.402 e. The maximum Gasteiger partial charge on any atom is 0.402 e. The normalized spacial score (nSPS) is 12.2. The van der Waals surface area contributed by atoms with E-state index in [-0.39, 0.29) is 16.5 Å². The predicted octanol–water partition coefficient (Wildman–Crippen LogP) is 4.40. The molecule has 0 fully saturated rings. The topological polar surface area (TPSA) is 93.1 Å². The first-order chi connectivity index (χ1) is 15.4. The van der Waals surface area contributed by atoms with Gasteiger partial charge in [-0.05, 0) is 49.2 Å². The van der Waals surface area contributed by atoms with Crippen LogP contribution in [0.25, 0.3) is 5.69 Å². The minimum atomic E-state index is -4.67. The van der Waals surface area contributed by atoms with Crippen LogP contribution in [0, 0.1) is 6.92 Å². The van der Waals surface area contributed by atoms with Crippen molar-refractivity contribution in [2.45, 2.75) is 37.8 Å². The highest BCUT2D eigenvalue weighted by molar-refractivity contribution is 7.89. The molecular weight excluding hydrogens is 457 g/mol. The number of anilines is 1. The number of nitrogens with zero attached hydrogens (tertiary/aromatic N) is 2. The molecule has 33 heavy (non-hydrogen) atoms. The Bertz CT molecular complexity index is 1230. The first-order valence-electron chi connectivity index (χ1n) is 10.00. The fourth-order valence-corrected chi connectivity index (χ4v) is 4.17. The lowest BCUT2D eigenvalue weighted by Gasteiger charge is -2.13. The van der Waals surface area contributed by atoms with E-state index in [9.17, 15) is 26.4 Å². The van der Waals surface area contributed by atoms with Crippen molar-refractivity contribution in [3.63, 3.8) is 0 Å². The summed E-state index contributed by atoms with van der Waals surface area (Å²) in [5, 5.41) is 7.04. The maximum absolute atomic E-state index is 12.9. The summed E-state index contributed by atoms with van der Waals surface area (Å²) in [5.74, 6) is -0.468. The third-order valence-electron chi connectivity index (χ3n) is 4.76. The van der Waals surface area contributed by atoms with Crippen LogP contribution in [0.3, 0.4) is 0 Å². The van der Waals surface area contributed by atoms with Crippen molar-refractivity contribution in [2.75, 3.05) is 11.9 Å². The van der Waals surface area contributed by atoms with Gasteiger partial charge in [0.25, 0.3) is 5.91 Å². The van der Waals surface area contributed by atoms with Crippen LogP contribution in [0.2, 0.25) is 0 Å². The Morgan fingerprint density at radius 1 is 1.06 bits per heavy atom. The Balaban J connectivity index is 1.80. The van der Waals surface area contributed by atoms with E-state index >= 15 is 0 Å². The molecule has 3 rings (SSSR count). The minimum Gasteiger partial charge on any atom is -0.322 e. The molecule has 1 aromatic heterocycles. The molecule has 1 heterocycles. The van der Waals surface area contributed by atoms with Crippen molar-refractivity contribution in [1.29, 1.82) is 0 Å². The van der Waals surface area contributed by atoms with Gasteiger partial charge in [0.05, 0.1) is 28.0 Å². The molecule has 0 saturated carbocycles. The summed E-state index contributed by atoms with van der Waals surface area (Å²) in [7, 11) is -4.34. The quantitative estimate of drug-likeness (QED) is 0.524. The number of aryl methyl sites for hydroxylation is 1. The number of halogens is 3. The summed E-state index contributed by atoms with van der Waals surface area (Å²) < 4.78 is 64.1. The number of amides is 1. The lowest BCUT2D eigenvalue weighted by atomic mass is 10.0. The highest BCUT2D eigenvalue weighted by atomic mass is 32.2. The van der Waals surface area contributed by atoms with Gasteiger partial charge in [-0.15, -0.1) is 0 Å².